The number of carbonyl (C=O) groups is 1. The quantitative estimate of drug-likeness (QED) is 0.406. The number of furan rings is 1. The largest absolute Gasteiger partial charge is 0.453 e. The van der Waals surface area contributed by atoms with Crippen molar-refractivity contribution in [3.63, 3.8) is 0 Å². The lowest BCUT2D eigenvalue weighted by Gasteiger charge is -2.07. The highest BCUT2D eigenvalue weighted by Gasteiger charge is 2.22. The van der Waals surface area contributed by atoms with Crippen LogP contribution in [0.2, 0.25) is 0 Å². The van der Waals surface area contributed by atoms with Crippen LogP contribution in [-0.4, -0.2) is 22.0 Å². The van der Waals surface area contributed by atoms with Gasteiger partial charge in [-0.3, -0.25) is 9.20 Å². The van der Waals surface area contributed by atoms with Crippen LogP contribution in [0.3, 0.4) is 0 Å². The average Bonchev–Trinajstić information content (AvgIpc) is 3.09. The molecule has 8 heteroatoms. The molecule has 29 heavy (non-hydrogen) atoms. The number of para-hydroxylation sites is 1. The molecule has 0 spiro atoms. The highest BCUT2D eigenvalue weighted by atomic mass is 79.9. The van der Waals surface area contributed by atoms with Crippen LogP contribution in [0.5, 0.6) is 0 Å². The number of ether oxygens (including phenoxy) is 2. The standard InChI is InChI=1S/C21H17BrN2O5/c1-2-27-12-16-15-5-3-4-6-17(15)29-20(16)21(26)28-11-14-9-19(25)24-10-13(22)7-8-18(24)23-14/h3-10H,2,11-12H2,1H3. The van der Waals surface area contributed by atoms with E-state index in [1.807, 2.05) is 25.1 Å². The summed E-state index contributed by atoms with van der Waals surface area (Å²) in [6, 6.07) is 12.2. The Morgan fingerprint density at radius 3 is 2.86 bits per heavy atom. The van der Waals surface area contributed by atoms with Crippen molar-refractivity contribution >= 4 is 38.5 Å². The van der Waals surface area contributed by atoms with Crippen LogP contribution in [0.25, 0.3) is 16.6 Å². The molecule has 7 nitrogen and oxygen atoms in total. The van der Waals surface area contributed by atoms with Gasteiger partial charge in [-0.15, -0.1) is 0 Å². The summed E-state index contributed by atoms with van der Waals surface area (Å²) in [5, 5.41) is 0.806. The Morgan fingerprint density at radius 1 is 1.21 bits per heavy atom. The van der Waals surface area contributed by atoms with Gasteiger partial charge in [-0.05, 0) is 41.1 Å². The van der Waals surface area contributed by atoms with Gasteiger partial charge in [-0.25, -0.2) is 9.78 Å². The number of fused-ring (bicyclic) bond motifs is 2. The van der Waals surface area contributed by atoms with Gasteiger partial charge in [0.05, 0.1) is 12.3 Å². The molecule has 4 aromatic rings. The van der Waals surface area contributed by atoms with Gasteiger partial charge >= 0.3 is 5.97 Å². The first-order valence-corrected chi connectivity index (χ1v) is 9.79. The number of aromatic nitrogens is 2. The molecule has 0 amide bonds. The van der Waals surface area contributed by atoms with Crippen molar-refractivity contribution in [3.8, 4) is 0 Å². The number of halogens is 1. The number of pyridine rings is 1. The fraction of sp³-hybridized carbons (Fsp3) is 0.190. The van der Waals surface area contributed by atoms with E-state index in [2.05, 4.69) is 20.9 Å². The summed E-state index contributed by atoms with van der Waals surface area (Å²) in [6.07, 6.45) is 1.63. The van der Waals surface area contributed by atoms with Crippen LogP contribution >= 0.6 is 15.9 Å². The van der Waals surface area contributed by atoms with E-state index in [4.69, 9.17) is 13.9 Å². The minimum Gasteiger partial charge on any atom is -0.453 e. The first-order chi connectivity index (χ1) is 14.1. The minimum absolute atomic E-state index is 0.0982. The molecule has 0 saturated carbocycles. The summed E-state index contributed by atoms with van der Waals surface area (Å²) < 4.78 is 18.8. The van der Waals surface area contributed by atoms with Crippen molar-refractivity contribution in [2.45, 2.75) is 20.1 Å². The molecule has 148 valence electrons. The second-order valence-corrected chi connectivity index (χ2v) is 7.20. The van der Waals surface area contributed by atoms with E-state index >= 15 is 0 Å². The third kappa shape index (κ3) is 3.94. The molecule has 0 aliphatic heterocycles. The van der Waals surface area contributed by atoms with E-state index in [-0.39, 0.29) is 24.5 Å². The van der Waals surface area contributed by atoms with Crippen molar-refractivity contribution in [1.29, 1.82) is 0 Å². The number of rotatable bonds is 6. The number of hydrogen-bond donors (Lipinski definition) is 0. The first kappa shape index (κ1) is 19.4. The second kappa shape index (κ2) is 8.18. The van der Waals surface area contributed by atoms with E-state index in [0.29, 0.717) is 29.1 Å². The van der Waals surface area contributed by atoms with E-state index in [1.165, 1.54) is 10.5 Å². The van der Waals surface area contributed by atoms with Gasteiger partial charge in [0.15, 0.2) is 0 Å². The lowest BCUT2D eigenvalue weighted by Crippen LogP contribution is -2.16. The third-order valence-corrected chi connectivity index (χ3v) is 4.83. The van der Waals surface area contributed by atoms with Gasteiger partial charge in [0.2, 0.25) is 5.76 Å². The van der Waals surface area contributed by atoms with Crippen LogP contribution in [0.4, 0.5) is 0 Å². The molecule has 1 aromatic carbocycles. The van der Waals surface area contributed by atoms with Gasteiger partial charge < -0.3 is 13.9 Å². The molecule has 0 N–H and O–H groups in total. The summed E-state index contributed by atoms with van der Waals surface area (Å²) in [5.74, 6) is -0.533. The SMILES string of the molecule is CCOCc1c(C(=O)OCc2cc(=O)n3cc(Br)ccc3n2)oc2ccccc12. The maximum absolute atomic E-state index is 12.7. The Hall–Kier alpha value is -2.97. The first-order valence-electron chi connectivity index (χ1n) is 9.00. The fourth-order valence-corrected chi connectivity index (χ4v) is 3.35. The Labute approximate surface area is 174 Å². The monoisotopic (exact) mass is 456 g/mol. The molecule has 0 aliphatic carbocycles. The van der Waals surface area contributed by atoms with E-state index in [0.717, 1.165) is 9.86 Å². The predicted octanol–water partition coefficient (Wildman–Crippen LogP) is 4.10. The van der Waals surface area contributed by atoms with Crippen LogP contribution in [0, 0.1) is 0 Å². The molecule has 0 atom stereocenters. The summed E-state index contributed by atoms with van der Waals surface area (Å²) >= 11 is 3.32. The van der Waals surface area contributed by atoms with Crippen molar-refractivity contribution in [1.82, 2.24) is 9.38 Å². The van der Waals surface area contributed by atoms with Crippen molar-refractivity contribution < 1.29 is 18.7 Å². The van der Waals surface area contributed by atoms with Gasteiger partial charge in [-0.1, -0.05) is 18.2 Å². The normalized spacial score (nSPS) is 11.2. The number of esters is 1. The lowest BCUT2D eigenvalue weighted by atomic mass is 10.1. The number of benzene rings is 1. The van der Waals surface area contributed by atoms with Crippen molar-refractivity contribution in [3.05, 3.63) is 80.5 Å². The van der Waals surface area contributed by atoms with Gasteiger partial charge in [0, 0.05) is 34.3 Å². The fourth-order valence-electron chi connectivity index (χ4n) is 3.02. The van der Waals surface area contributed by atoms with E-state index < -0.39 is 5.97 Å². The molecule has 0 unspecified atom stereocenters. The van der Waals surface area contributed by atoms with Crippen molar-refractivity contribution in [2.75, 3.05) is 6.61 Å². The molecule has 0 fully saturated rings. The van der Waals surface area contributed by atoms with Gasteiger partial charge in [0.25, 0.3) is 5.56 Å². The van der Waals surface area contributed by atoms with E-state index in [1.54, 1.807) is 24.4 Å². The molecule has 4 rings (SSSR count). The highest BCUT2D eigenvalue weighted by molar-refractivity contribution is 9.10. The lowest BCUT2D eigenvalue weighted by molar-refractivity contribution is 0.0425. The molecular weight excluding hydrogens is 440 g/mol. The Balaban J connectivity index is 1.59. The minimum atomic E-state index is -0.631. The zero-order valence-electron chi connectivity index (χ0n) is 15.6. The molecule has 3 heterocycles. The topological polar surface area (TPSA) is 83.0 Å². The zero-order valence-corrected chi connectivity index (χ0v) is 17.1. The second-order valence-electron chi connectivity index (χ2n) is 6.28. The number of hydrogen-bond acceptors (Lipinski definition) is 6. The molecule has 0 saturated heterocycles. The van der Waals surface area contributed by atoms with Gasteiger partial charge in [-0.2, -0.15) is 0 Å². The number of nitrogens with zero attached hydrogens (tertiary/aromatic N) is 2. The Bertz CT molecular complexity index is 1260. The summed E-state index contributed by atoms with van der Waals surface area (Å²) in [5.41, 5.74) is 1.79. The Kier molecular flexibility index (Phi) is 5.46. The molecule has 0 bridgehead atoms. The highest BCUT2D eigenvalue weighted by Crippen LogP contribution is 2.27. The zero-order chi connectivity index (χ0) is 20.4. The maximum Gasteiger partial charge on any atom is 0.375 e. The van der Waals surface area contributed by atoms with E-state index in [9.17, 15) is 9.59 Å². The van der Waals surface area contributed by atoms with Crippen LogP contribution in [0.15, 0.2) is 62.3 Å². The Morgan fingerprint density at radius 2 is 2.03 bits per heavy atom. The smallest absolute Gasteiger partial charge is 0.375 e. The molecule has 0 radical (unpaired) electrons. The predicted molar refractivity (Wildman–Crippen MR) is 110 cm³/mol. The van der Waals surface area contributed by atoms with Crippen molar-refractivity contribution in [2.24, 2.45) is 0 Å². The maximum atomic E-state index is 12.7. The van der Waals surface area contributed by atoms with Gasteiger partial charge in [0.1, 0.15) is 17.8 Å². The van der Waals surface area contributed by atoms with Crippen LogP contribution < -0.4 is 5.56 Å². The molecule has 3 aromatic heterocycles. The third-order valence-electron chi connectivity index (χ3n) is 4.36. The summed E-state index contributed by atoms with van der Waals surface area (Å²) in [4.78, 5) is 29.3. The summed E-state index contributed by atoms with van der Waals surface area (Å²) in [6.45, 7) is 2.48. The average molecular weight is 457 g/mol. The number of carbonyl (C=O) groups excluding carboxylic acids is 1. The van der Waals surface area contributed by atoms with Crippen LogP contribution in [-0.2, 0) is 22.7 Å². The molecule has 0 aliphatic rings. The summed E-state index contributed by atoms with van der Waals surface area (Å²) in [7, 11) is 0. The van der Waals surface area contributed by atoms with Crippen LogP contribution in [0.1, 0.15) is 28.7 Å². The molecular formula is C21H17BrN2O5.